The van der Waals surface area contributed by atoms with Crippen LogP contribution in [0.15, 0.2) is 30.3 Å². The molecule has 1 atom stereocenters. The second kappa shape index (κ2) is 6.62. The molecule has 2 nitrogen and oxygen atoms in total. The van der Waals surface area contributed by atoms with E-state index in [-0.39, 0.29) is 6.04 Å². The van der Waals surface area contributed by atoms with Crippen LogP contribution in [0.25, 0.3) is 0 Å². The van der Waals surface area contributed by atoms with Crippen molar-refractivity contribution in [2.24, 2.45) is 0 Å². The number of rotatable bonds is 5. The van der Waals surface area contributed by atoms with Crippen molar-refractivity contribution in [3.8, 4) is 5.75 Å². The minimum atomic E-state index is 0.165. The van der Waals surface area contributed by atoms with E-state index in [1.807, 2.05) is 30.3 Å². The first kappa shape index (κ1) is 14.7. The number of nitrogens with one attached hydrogen (secondary N) is 1. The van der Waals surface area contributed by atoms with Gasteiger partial charge in [0.15, 0.2) is 0 Å². The van der Waals surface area contributed by atoms with Crippen molar-refractivity contribution in [1.29, 1.82) is 0 Å². The Morgan fingerprint density at radius 3 is 2.47 bits per heavy atom. The van der Waals surface area contributed by atoms with Crippen LogP contribution < -0.4 is 10.1 Å². The van der Waals surface area contributed by atoms with E-state index in [1.54, 1.807) is 7.11 Å². The lowest BCUT2D eigenvalue weighted by Crippen LogP contribution is -2.17. The Labute approximate surface area is 127 Å². The zero-order valence-corrected chi connectivity index (χ0v) is 13.1. The summed E-state index contributed by atoms with van der Waals surface area (Å²) < 4.78 is 6.60. The summed E-state index contributed by atoms with van der Waals surface area (Å²) in [6.45, 7) is 2.85. The molecule has 0 radical (unpaired) electrons. The predicted molar refractivity (Wildman–Crippen MR) is 82.6 cm³/mol. The summed E-state index contributed by atoms with van der Waals surface area (Å²) in [7, 11) is 1.66. The summed E-state index contributed by atoms with van der Waals surface area (Å²) in [5, 5.41) is 3.43. The molecule has 2 aromatic rings. The van der Waals surface area contributed by atoms with Gasteiger partial charge in [0.1, 0.15) is 5.75 Å². The van der Waals surface area contributed by atoms with Gasteiger partial charge in [0.25, 0.3) is 0 Å². The maximum absolute atomic E-state index is 6.14. The molecule has 19 heavy (non-hydrogen) atoms. The maximum atomic E-state index is 6.14. The van der Waals surface area contributed by atoms with E-state index >= 15 is 0 Å². The van der Waals surface area contributed by atoms with Crippen LogP contribution in [0.5, 0.6) is 5.75 Å². The molecule has 1 aromatic carbocycles. The van der Waals surface area contributed by atoms with Crippen molar-refractivity contribution < 1.29 is 4.74 Å². The lowest BCUT2D eigenvalue weighted by molar-refractivity contribution is 0.414. The summed E-state index contributed by atoms with van der Waals surface area (Å²) >= 11 is 13.5. The average molecular weight is 316 g/mol. The third-order valence-corrected chi connectivity index (χ3v) is 4.44. The van der Waals surface area contributed by atoms with Gasteiger partial charge in [-0.2, -0.15) is 0 Å². The zero-order chi connectivity index (χ0) is 13.8. The van der Waals surface area contributed by atoms with Gasteiger partial charge >= 0.3 is 0 Å². The van der Waals surface area contributed by atoms with Crippen molar-refractivity contribution in [3.05, 3.63) is 50.1 Å². The molecule has 0 spiro atoms. The summed E-state index contributed by atoms with van der Waals surface area (Å²) in [6.07, 6.45) is 0. The molecule has 1 unspecified atom stereocenters. The molecule has 0 bridgehead atoms. The summed E-state index contributed by atoms with van der Waals surface area (Å²) in [4.78, 5) is 0. The molecule has 0 fully saturated rings. The zero-order valence-electron chi connectivity index (χ0n) is 10.7. The molecule has 0 aliphatic carbocycles. The Morgan fingerprint density at radius 1 is 1.26 bits per heavy atom. The molecular formula is C14H15Cl2NOS. The SMILES string of the molecule is COc1ccc(CNC(C)c2cc(Cl)sc2Cl)cc1. The van der Waals surface area contributed by atoms with E-state index in [1.165, 1.54) is 16.9 Å². The fraction of sp³-hybridized carbons (Fsp3) is 0.286. The fourth-order valence-corrected chi connectivity index (χ4v) is 3.42. The number of methoxy groups -OCH3 is 1. The number of benzene rings is 1. The molecule has 1 N–H and O–H groups in total. The first-order chi connectivity index (χ1) is 9.10. The highest BCUT2D eigenvalue weighted by molar-refractivity contribution is 7.20. The van der Waals surface area contributed by atoms with Crippen LogP contribution >= 0.6 is 34.5 Å². The largest absolute Gasteiger partial charge is 0.497 e. The van der Waals surface area contributed by atoms with Crippen LogP contribution in [0, 0.1) is 0 Å². The van der Waals surface area contributed by atoms with Crippen LogP contribution in [0.1, 0.15) is 24.1 Å². The van der Waals surface area contributed by atoms with E-state index in [0.29, 0.717) is 0 Å². The number of ether oxygens (including phenoxy) is 1. The van der Waals surface area contributed by atoms with Crippen LogP contribution in [0.4, 0.5) is 0 Å². The molecule has 1 heterocycles. The third kappa shape index (κ3) is 3.86. The minimum absolute atomic E-state index is 0.165. The standard InChI is InChI=1S/C14H15Cl2NOS/c1-9(12-7-13(15)19-14(12)16)17-8-10-3-5-11(18-2)6-4-10/h3-7,9,17H,8H2,1-2H3. The maximum Gasteiger partial charge on any atom is 0.118 e. The van der Waals surface area contributed by atoms with Gasteiger partial charge in [-0.1, -0.05) is 35.3 Å². The Bertz CT molecular complexity index is 539. The lowest BCUT2D eigenvalue weighted by atomic mass is 10.1. The average Bonchev–Trinajstić information content (AvgIpc) is 2.75. The van der Waals surface area contributed by atoms with Crippen LogP contribution in [0.2, 0.25) is 8.67 Å². The topological polar surface area (TPSA) is 21.3 Å². The first-order valence-electron chi connectivity index (χ1n) is 5.91. The van der Waals surface area contributed by atoms with Gasteiger partial charge in [0, 0.05) is 12.6 Å². The van der Waals surface area contributed by atoms with Crippen molar-refractivity contribution in [3.63, 3.8) is 0 Å². The molecule has 5 heteroatoms. The molecular weight excluding hydrogens is 301 g/mol. The van der Waals surface area contributed by atoms with Gasteiger partial charge < -0.3 is 10.1 Å². The van der Waals surface area contributed by atoms with Gasteiger partial charge in [-0.25, -0.2) is 0 Å². The normalized spacial score (nSPS) is 12.4. The molecule has 0 saturated heterocycles. The highest BCUT2D eigenvalue weighted by atomic mass is 35.5. The predicted octanol–water partition coefficient (Wildman–Crippen LogP) is 4.91. The molecule has 0 aliphatic rings. The lowest BCUT2D eigenvalue weighted by Gasteiger charge is -2.13. The van der Waals surface area contributed by atoms with Gasteiger partial charge in [-0.3, -0.25) is 0 Å². The van der Waals surface area contributed by atoms with Crippen molar-refractivity contribution >= 4 is 34.5 Å². The van der Waals surface area contributed by atoms with Crippen molar-refractivity contribution in [2.75, 3.05) is 7.11 Å². The molecule has 0 aliphatic heterocycles. The Balaban J connectivity index is 1.96. The van der Waals surface area contributed by atoms with Gasteiger partial charge in [0.05, 0.1) is 15.8 Å². The smallest absolute Gasteiger partial charge is 0.118 e. The highest BCUT2D eigenvalue weighted by Crippen LogP contribution is 2.34. The second-order valence-corrected chi connectivity index (χ2v) is 6.52. The minimum Gasteiger partial charge on any atom is -0.497 e. The van der Waals surface area contributed by atoms with Gasteiger partial charge in [-0.05, 0) is 36.2 Å². The van der Waals surface area contributed by atoms with Crippen LogP contribution in [0.3, 0.4) is 0 Å². The Morgan fingerprint density at radius 2 is 1.95 bits per heavy atom. The summed E-state index contributed by atoms with van der Waals surface area (Å²) in [5.41, 5.74) is 2.25. The quantitative estimate of drug-likeness (QED) is 0.846. The molecule has 0 amide bonds. The van der Waals surface area contributed by atoms with E-state index < -0.39 is 0 Å². The van der Waals surface area contributed by atoms with E-state index in [9.17, 15) is 0 Å². The number of hydrogen-bond acceptors (Lipinski definition) is 3. The van der Waals surface area contributed by atoms with E-state index in [4.69, 9.17) is 27.9 Å². The molecule has 1 aromatic heterocycles. The Kier molecular flexibility index (Phi) is 5.11. The van der Waals surface area contributed by atoms with Crippen molar-refractivity contribution in [1.82, 2.24) is 5.32 Å². The number of hydrogen-bond donors (Lipinski definition) is 1. The van der Waals surface area contributed by atoms with E-state index in [2.05, 4.69) is 12.2 Å². The first-order valence-corrected chi connectivity index (χ1v) is 7.48. The van der Waals surface area contributed by atoms with Crippen LogP contribution in [-0.4, -0.2) is 7.11 Å². The van der Waals surface area contributed by atoms with Gasteiger partial charge in [0.2, 0.25) is 0 Å². The fourth-order valence-electron chi connectivity index (χ4n) is 1.77. The molecule has 102 valence electrons. The molecule has 0 saturated carbocycles. The van der Waals surface area contributed by atoms with E-state index in [0.717, 1.165) is 26.5 Å². The van der Waals surface area contributed by atoms with Gasteiger partial charge in [-0.15, -0.1) is 11.3 Å². The number of halogens is 2. The monoisotopic (exact) mass is 315 g/mol. The Hall–Kier alpha value is -0.740. The highest BCUT2D eigenvalue weighted by Gasteiger charge is 2.12. The second-order valence-electron chi connectivity index (χ2n) is 4.23. The summed E-state index contributed by atoms with van der Waals surface area (Å²) in [6, 6.07) is 10.1. The summed E-state index contributed by atoms with van der Waals surface area (Å²) in [5.74, 6) is 0.865. The number of thiophene rings is 1. The molecule has 2 rings (SSSR count). The third-order valence-electron chi connectivity index (χ3n) is 2.92. The van der Waals surface area contributed by atoms with Crippen LogP contribution in [-0.2, 0) is 6.54 Å². The van der Waals surface area contributed by atoms with Crippen molar-refractivity contribution in [2.45, 2.75) is 19.5 Å².